The third kappa shape index (κ3) is 6.93. The Kier molecular flexibility index (Phi) is 9.41. The normalized spacial score (nSPS) is 29.9. The van der Waals surface area contributed by atoms with Crippen LogP contribution in [0.5, 0.6) is 0 Å². The number of amides is 2. The first-order valence-corrected chi connectivity index (χ1v) is 18.9. The van der Waals surface area contributed by atoms with Crippen molar-refractivity contribution < 1.29 is 19.4 Å². The van der Waals surface area contributed by atoms with Gasteiger partial charge in [0, 0.05) is 36.4 Å². The fraction of sp³-hybridized carbons (Fsp3) is 0.487. The van der Waals surface area contributed by atoms with Crippen molar-refractivity contribution in [3.05, 3.63) is 95.1 Å². The number of carbonyl (C=O) groups excluding carboxylic acids is 1. The summed E-state index contributed by atoms with van der Waals surface area (Å²) in [7, 11) is 1.83. The summed E-state index contributed by atoms with van der Waals surface area (Å²) >= 11 is 1.57. The number of thioether (sulfide) groups is 1. The fourth-order valence-electron chi connectivity index (χ4n) is 9.31. The van der Waals surface area contributed by atoms with Crippen molar-refractivity contribution in [3.63, 3.8) is 0 Å². The van der Waals surface area contributed by atoms with Crippen LogP contribution in [-0.2, 0) is 29.7 Å². The van der Waals surface area contributed by atoms with Crippen LogP contribution in [0.3, 0.4) is 0 Å². The molecule has 4 atom stereocenters. The van der Waals surface area contributed by atoms with E-state index in [2.05, 4.69) is 69.5 Å². The molecule has 4 aromatic rings. The van der Waals surface area contributed by atoms with E-state index in [1.165, 1.54) is 19.3 Å². The molecule has 262 valence electrons. The number of aromatic nitrogens is 4. The van der Waals surface area contributed by atoms with E-state index in [0.29, 0.717) is 12.3 Å². The average molecular weight is 695 g/mol. The summed E-state index contributed by atoms with van der Waals surface area (Å²) in [6, 6.07) is 24.5. The van der Waals surface area contributed by atoms with Crippen molar-refractivity contribution in [2.24, 2.45) is 30.7 Å². The lowest BCUT2D eigenvalue weighted by Gasteiger charge is -2.56. The molecular formula is C39H46N6O4S. The summed E-state index contributed by atoms with van der Waals surface area (Å²) < 4.78 is 15.0. The Morgan fingerprint density at radius 3 is 2.28 bits per heavy atom. The van der Waals surface area contributed by atoms with Gasteiger partial charge in [0.2, 0.25) is 5.16 Å². The van der Waals surface area contributed by atoms with E-state index in [1.54, 1.807) is 16.4 Å². The maximum atomic E-state index is 13.2. The van der Waals surface area contributed by atoms with Crippen LogP contribution in [0.15, 0.2) is 78.0 Å². The number of urea groups is 1. The molecule has 50 heavy (non-hydrogen) atoms. The number of rotatable bonds is 10. The van der Waals surface area contributed by atoms with Crippen LogP contribution in [-0.4, -0.2) is 48.7 Å². The largest absolute Gasteiger partial charge is 0.392 e. The Hall–Kier alpha value is -3.77. The van der Waals surface area contributed by atoms with E-state index in [1.807, 2.05) is 43.4 Å². The number of aliphatic hydroxyl groups is 1. The Bertz CT molecular complexity index is 1760. The standard InChI is InChI=1S/C39H46N6O4S/c1-24-34(23-50-38-42-43-44-45(38)2)48-36(49-35(24)30-9-7-25(22-46)8-10-30)31-13-11-29(12-14-31)33-6-4-3-5-32(33)21-40-37(47)41-39-18-26-15-27(19-39)17-28(16-26)20-39/h3-14,24,26-28,34-36,46H,15-23H2,1-2H3,(H2,40,41,47)/t24-,26?,27?,28?,34+,35+,36+,39?/m1/s1. The fourth-order valence-corrected chi connectivity index (χ4v) is 10.3. The summed E-state index contributed by atoms with van der Waals surface area (Å²) in [5.41, 5.74) is 6.04. The van der Waals surface area contributed by atoms with Gasteiger partial charge in [-0.1, -0.05) is 91.5 Å². The summed E-state index contributed by atoms with van der Waals surface area (Å²) in [5, 5.41) is 28.8. The molecule has 5 aliphatic rings. The van der Waals surface area contributed by atoms with E-state index in [-0.39, 0.29) is 36.3 Å². The molecule has 5 fully saturated rings. The zero-order valence-electron chi connectivity index (χ0n) is 28.7. The van der Waals surface area contributed by atoms with E-state index in [4.69, 9.17) is 9.47 Å². The van der Waals surface area contributed by atoms with Gasteiger partial charge in [0.05, 0.1) is 18.8 Å². The average Bonchev–Trinajstić information content (AvgIpc) is 3.54. The third-order valence-electron chi connectivity index (χ3n) is 11.4. The molecule has 0 spiro atoms. The predicted octanol–water partition coefficient (Wildman–Crippen LogP) is 6.72. The molecule has 4 aliphatic carbocycles. The molecule has 3 aromatic carbocycles. The van der Waals surface area contributed by atoms with Crippen LogP contribution in [0.1, 0.15) is 80.1 Å². The minimum Gasteiger partial charge on any atom is -0.392 e. The highest BCUT2D eigenvalue weighted by atomic mass is 32.2. The van der Waals surface area contributed by atoms with Crippen molar-refractivity contribution in [3.8, 4) is 11.1 Å². The molecule has 3 N–H and O–H groups in total. The molecular weight excluding hydrogens is 649 g/mol. The molecule has 11 heteroatoms. The molecule has 10 nitrogen and oxygen atoms in total. The highest BCUT2D eigenvalue weighted by molar-refractivity contribution is 7.99. The maximum Gasteiger partial charge on any atom is 0.315 e. The van der Waals surface area contributed by atoms with Gasteiger partial charge in [0.15, 0.2) is 6.29 Å². The minimum atomic E-state index is -0.573. The number of tetrazole rings is 1. The number of hydrogen-bond acceptors (Lipinski definition) is 8. The van der Waals surface area contributed by atoms with Gasteiger partial charge in [-0.05, 0) is 94.5 Å². The van der Waals surface area contributed by atoms with Crippen LogP contribution in [0, 0.1) is 23.7 Å². The monoisotopic (exact) mass is 694 g/mol. The second kappa shape index (κ2) is 14.1. The number of ether oxygens (including phenoxy) is 2. The van der Waals surface area contributed by atoms with E-state index >= 15 is 0 Å². The molecule has 2 heterocycles. The topological polar surface area (TPSA) is 123 Å². The molecule has 0 unspecified atom stereocenters. The Morgan fingerprint density at radius 1 is 0.940 bits per heavy atom. The molecule has 0 radical (unpaired) electrons. The van der Waals surface area contributed by atoms with Gasteiger partial charge in [-0.3, -0.25) is 0 Å². The predicted molar refractivity (Wildman–Crippen MR) is 191 cm³/mol. The molecule has 1 aromatic heterocycles. The van der Waals surface area contributed by atoms with Crippen molar-refractivity contribution in [2.45, 2.75) is 87.8 Å². The van der Waals surface area contributed by atoms with Crippen molar-refractivity contribution in [2.75, 3.05) is 5.75 Å². The molecule has 4 bridgehead atoms. The van der Waals surface area contributed by atoms with E-state index in [9.17, 15) is 9.90 Å². The van der Waals surface area contributed by atoms with Crippen molar-refractivity contribution >= 4 is 17.8 Å². The second-order valence-corrected chi connectivity index (χ2v) is 16.0. The lowest BCUT2D eigenvalue weighted by atomic mass is 9.53. The molecule has 2 amide bonds. The highest BCUT2D eigenvalue weighted by Gasteiger charge is 2.51. The number of carbonyl (C=O) groups is 1. The first kappa shape index (κ1) is 33.4. The Labute approximate surface area is 297 Å². The lowest BCUT2D eigenvalue weighted by Crippen LogP contribution is -2.61. The van der Waals surface area contributed by atoms with Gasteiger partial charge in [-0.2, -0.15) is 0 Å². The number of aryl methyl sites for hydroxylation is 1. The first-order chi connectivity index (χ1) is 24.3. The third-order valence-corrected chi connectivity index (χ3v) is 12.5. The van der Waals surface area contributed by atoms with Crippen LogP contribution in [0.4, 0.5) is 4.79 Å². The number of aliphatic hydroxyl groups excluding tert-OH is 1. The van der Waals surface area contributed by atoms with Gasteiger partial charge in [-0.25, -0.2) is 9.48 Å². The molecule has 9 rings (SSSR count). The summed E-state index contributed by atoms with van der Waals surface area (Å²) in [5.74, 6) is 3.07. The number of nitrogens with one attached hydrogen (secondary N) is 2. The molecule has 4 saturated carbocycles. The number of benzene rings is 3. The van der Waals surface area contributed by atoms with Crippen molar-refractivity contribution in [1.29, 1.82) is 0 Å². The smallest absolute Gasteiger partial charge is 0.315 e. The molecule has 1 aliphatic heterocycles. The van der Waals surface area contributed by atoms with Crippen LogP contribution >= 0.6 is 11.8 Å². The van der Waals surface area contributed by atoms with Crippen LogP contribution < -0.4 is 10.6 Å². The van der Waals surface area contributed by atoms with Gasteiger partial charge >= 0.3 is 6.03 Å². The quantitative estimate of drug-likeness (QED) is 0.156. The summed E-state index contributed by atoms with van der Waals surface area (Å²) in [6.07, 6.45) is 6.57. The van der Waals surface area contributed by atoms with Gasteiger partial charge < -0.3 is 25.2 Å². The highest BCUT2D eigenvalue weighted by Crippen LogP contribution is 2.55. The number of nitrogens with zero attached hydrogens (tertiary/aromatic N) is 4. The first-order valence-electron chi connectivity index (χ1n) is 17.9. The summed E-state index contributed by atoms with van der Waals surface area (Å²) in [4.78, 5) is 13.2. The SMILES string of the molecule is C[C@@H]1[C@H](CSc2nnnn2C)O[C@H](c2ccc(-c3ccccc3CNC(=O)NC34CC5CC(CC(C5)C3)C4)cc2)O[C@@H]1c1ccc(CO)cc1. The van der Waals surface area contributed by atoms with Gasteiger partial charge in [-0.15, -0.1) is 5.10 Å². The Balaban J connectivity index is 0.964. The zero-order chi connectivity index (χ0) is 34.2. The van der Waals surface area contributed by atoms with Crippen molar-refractivity contribution in [1.82, 2.24) is 30.8 Å². The van der Waals surface area contributed by atoms with Gasteiger partial charge in [0.1, 0.15) is 0 Å². The minimum absolute atomic E-state index is 0.00132. The van der Waals surface area contributed by atoms with Gasteiger partial charge in [0.25, 0.3) is 0 Å². The zero-order valence-corrected chi connectivity index (χ0v) is 29.5. The van der Waals surface area contributed by atoms with E-state index < -0.39 is 6.29 Å². The van der Waals surface area contributed by atoms with Crippen LogP contribution in [0.25, 0.3) is 11.1 Å². The second-order valence-electron chi connectivity index (χ2n) is 15.0. The number of hydrogen-bond donors (Lipinski definition) is 3. The maximum absolute atomic E-state index is 13.2. The molecule has 1 saturated heterocycles. The lowest BCUT2D eigenvalue weighted by molar-refractivity contribution is -0.268. The Morgan fingerprint density at radius 2 is 1.62 bits per heavy atom. The summed E-state index contributed by atoms with van der Waals surface area (Å²) in [6.45, 7) is 2.61. The van der Waals surface area contributed by atoms with Crippen LogP contribution in [0.2, 0.25) is 0 Å². The van der Waals surface area contributed by atoms with E-state index in [0.717, 1.165) is 75.6 Å².